The Hall–Kier alpha value is -0.490. The van der Waals surface area contributed by atoms with E-state index in [4.69, 9.17) is 11.6 Å². The average Bonchev–Trinajstić information content (AvgIpc) is 2.32. The zero-order valence-electron chi connectivity index (χ0n) is 10.1. The number of nitrogens with zero attached hydrogens (tertiary/aromatic N) is 1. The Morgan fingerprint density at radius 2 is 1.74 bits per heavy atom. The Kier molecular flexibility index (Phi) is 5.92. The average molecular weight is 315 g/mol. The van der Waals surface area contributed by atoms with Crippen molar-refractivity contribution in [1.82, 2.24) is 10.2 Å². The molecule has 1 aromatic rings. The first-order chi connectivity index (χ1) is 8.50. The number of hydrogen-bond donors (Lipinski definition) is 1. The number of nitrogens with one attached hydrogen (secondary N) is 1. The molecule has 0 amide bonds. The van der Waals surface area contributed by atoms with Gasteiger partial charge in [-0.1, -0.05) is 29.8 Å². The predicted octanol–water partition coefficient (Wildman–Crippen LogP) is 3.27. The SMILES string of the molecule is Cl.FC(F)(F)[C@@H](c1ccccc1Cl)N1CCNCC1. The summed E-state index contributed by atoms with van der Waals surface area (Å²) in [5.41, 5.74) is 0.133. The minimum atomic E-state index is -4.32. The zero-order chi connectivity index (χ0) is 13.2. The normalized spacial score (nSPS) is 18.7. The lowest BCUT2D eigenvalue weighted by Crippen LogP contribution is -2.49. The molecule has 1 saturated heterocycles. The molecule has 1 fully saturated rings. The van der Waals surface area contributed by atoms with E-state index in [-0.39, 0.29) is 23.0 Å². The summed E-state index contributed by atoms with van der Waals surface area (Å²) < 4.78 is 39.7. The van der Waals surface area contributed by atoms with Crippen LogP contribution in [-0.2, 0) is 0 Å². The fraction of sp³-hybridized carbons (Fsp3) is 0.500. The summed E-state index contributed by atoms with van der Waals surface area (Å²) in [5, 5.41) is 3.21. The van der Waals surface area contributed by atoms with Crippen LogP contribution in [0.5, 0.6) is 0 Å². The monoisotopic (exact) mass is 314 g/mol. The summed E-state index contributed by atoms with van der Waals surface area (Å²) in [7, 11) is 0. The van der Waals surface area contributed by atoms with Gasteiger partial charge in [-0.2, -0.15) is 13.2 Å². The lowest BCUT2D eigenvalue weighted by Gasteiger charge is -2.36. The third-order valence-electron chi connectivity index (χ3n) is 3.03. The molecule has 1 aliphatic rings. The van der Waals surface area contributed by atoms with Gasteiger partial charge in [-0.15, -0.1) is 12.4 Å². The standard InChI is InChI=1S/C12H14ClF3N2.ClH/c13-10-4-2-1-3-9(10)11(12(14,15)16)18-7-5-17-6-8-18;/h1-4,11,17H,5-8H2;1H/t11-;/m1./s1. The first-order valence-corrected chi connectivity index (χ1v) is 6.14. The molecule has 0 spiro atoms. The van der Waals surface area contributed by atoms with Crippen LogP contribution in [-0.4, -0.2) is 37.3 Å². The smallest absolute Gasteiger partial charge is 0.314 e. The van der Waals surface area contributed by atoms with Crippen molar-refractivity contribution in [3.05, 3.63) is 34.9 Å². The van der Waals surface area contributed by atoms with Gasteiger partial charge in [0.25, 0.3) is 0 Å². The molecular formula is C12H15Cl2F3N2. The first kappa shape index (κ1) is 16.6. The molecular weight excluding hydrogens is 300 g/mol. The quantitative estimate of drug-likeness (QED) is 0.901. The van der Waals surface area contributed by atoms with Crippen LogP contribution in [0.3, 0.4) is 0 Å². The predicted molar refractivity (Wildman–Crippen MR) is 71.9 cm³/mol. The molecule has 108 valence electrons. The molecule has 0 aliphatic carbocycles. The molecule has 1 aromatic carbocycles. The van der Waals surface area contributed by atoms with Crippen LogP contribution in [0, 0.1) is 0 Å². The number of rotatable bonds is 2. The molecule has 2 rings (SSSR count). The summed E-state index contributed by atoms with van der Waals surface area (Å²) in [5.74, 6) is 0. The van der Waals surface area contributed by atoms with Crippen molar-refractivity contribution in [2.45, 2.75) is 12.2 Å². The Morgan fingerprint density at radius 3 is 2.26 bits per heavy atom. The Balaban J connectivity index is 0.00000180. The summed E-state index contributed by atoms with van der Waals surface area (Å²) in [6.45, 7) is 1.87. The minimum absolute atomic E-state index is 0. The molecule has 19 heavy (non-hydrogen) atoms. The maximum absolute atomic E-state index is 13.2. The fourth-order valence-corrected chi connectivity index (χ4v) is 2.46. The van der Waals surface area contributed by atoms with Crippen LogP contribution >= 0.6 is 24.0 Å². The molecule has 0 bridgehead atoms. The summed E-state index contributed by atoms with van der Waals surface area (Å²) in [6, 6.07) is 4.55. The summed E-state index contributed by atoms with van der Waals surface area (Å²) in [6.07, 6.45) is -4.32. The maximum atomic E-state index is 13.2. The van der Waals surface area contributed by atoms with E-state index in [9.17, 15) is 13.2 Å². The van der Waals surface area contributed by atoms with Crippen molar-refractivity contribution in [2.75, 3.05) is 26.2 Å². The van der Waals surface area contributed by atoms with Crippen molar-refractivity contribution >= 4 is 24.0 Å². The zero-order valence-corrected chi connectivity index (χ0v) is 11.7. The second kappa shape index (κ2) is 6.79. The van der Waals surface area contributed by atoms with Crippen molar-refractivity contribution < 1.29 is 13.2 Å². The third kappa shape index (κ3) is 3.99. The molecule has 1 aliphatic heterocycles. The van der Waals surface area contributed by atoms with Gasteiger partial charge in [0.15, 0.2) is 0 Å². The number of piperazine rings is 1. The van der Waals surface area contributed by atoms with Crippen molar-refractivity contribution in [1.29, 1.82) is 0 Å². The molecule has 1 heterocycles. The number of halogens is 5. The van der Waals surface area contributed by atoms with E-state index < -0.39 is 12.2 Å². The lowest BCUT2D eigenvalue weighted by molar-refractivity contribution is -0.187. The Morgan fingerprint density at radius 1 is 1.16 bits per heavy atom. The Bertz CT molecular complexity index is 406. The highest BCUT2D eigenvalue weighted by Crippen LogP contribution is 2.40. The van der Waals surface area contributed by atoms with Gasteiger partial charge in [0.2, 0.25) is 0 Å². The van der Waals surface area contributed by atoms with Crippen LogP contribution in [0.4, 0.5) is 13.2 Å². The van der Waals surface area contributed by atoms with E-state index in [2.05, 4.69) is 5.32 Å². The highest BCUT2D eigenvalue weighted by atomic mass is 35.5. The molecule has 0 unspecified atom stereocenters. The molecule has 1 atom stereocenters. The van der Waals surface area contributed by atoms with Crippen LogP contribution in [0.2, 0.25) is 5.02 Å². The second-order valence-electron chi connectivity index (χ2n) is 4.25. The molecule has 7 heteroatoms. The van der Waals surface area contributed by atoms with E-state index in [1.54, 1.807) is 12.1 Å². The number of hydrogen-bond acceptors (Lipinski definition) is 2. The molecule has 1 N–H and O–H groups in total. The van der Waals surface area contributed by atoms with E-state index in [1.165, 1.54) is 17.0 Å². The van der Waals surface area contributed by atoms with Gasteiger partial charge < -0.3 is 5.32 Å². The number of alkyl halides is 3. The van der Waals surface area contributed by atoms with Crippen molar-refractivity contribution in [3.8, 4) is 0 Å². The summed E-state index contributed by atoms with van der Waals surface area (Å²) >= 11 is 5.90. The molecule has 2 nitrogen and oxygen atoms in total. The molecule has 0 saturated carbocycles. The van der Waals surface area contributed by atoms with Gasteiger partial charge in [0, 0.05) is 31.2 Å². The lowest BCUT2D eigenvalue weighted by atomic mass is 10.0. The minimum Gasteiger partial charge on any atom is -0.314 e. The van der Waals surface area contributed by atoms with Gasteiger partial charge in [-0.25, -0.2) is 0 Å². The second-order valence-corrected chi connectivity index (χ2v) is 4.66. The van der Waals surface area contributed by atoms with Gasteiger partial charge in [0.1, 0.15) is 6.04 Å². The van der Waals surface area contributed by atoms with E-state index in [0.29, 0.717) is 26.2 Å². The first-order valence-electron chi connectivity index (χ1n) is 5.76. The van der Waals surface area contributed by atoms with E-state index in [1.807, 2.05) is 0 Å². The van der Waals surface area contributed by atoms with Gasteiger partial charge >= 0.3 is 6.18 Å². The number of benzene rings is 1. The van der Waals surface area contributed by atoms with Gasteiger partial charge in [-0.05, 0) is 11.6 Å². The van der Waals surface area contributed by atoms with E-state index >= 15 is 0 Å². The third-order valence-corrected chi connectivity index (χ3v) is 3.37. The van der Waals surface area contributed by atoms with Crippen LogP contribution in [0.25, 0.3) is 0 Å². The topological polar surface area (TPSA) is 15.3 Å². The van der Waals surface area contributed by atoms with Crippen LogP contribution in [0.15, 0.2) is 24.3 Å². The molecule has 0 aromatic heterocycles. The van der Waals surface area contributed by atoms with Crippen LogP contribution < -0.4 is 5.32 Å². The largest absolute Gasteiger partial charge is 0.408 e. The highest BCUT2D eigenvalue weighted by molar-refractivity contribution is 6.31. The van der Waals surface area contributed by atoms with Gasteiger partial charge in [0.05, 0.1) is 0 Å². The van der Waals surface area contributed by atoms with Crippen molar-refractivity contribution in [2.24, 2.45) is 0 Å². The van der Waals surface area contributed by atoms with Crippen LogP contribution in [0.1, 0.15) is 11.6 Å². The van der Waals surface area contributed by atoms with E-state index in [0.717, 1.165) is 0 Å². The maximum Gasteiger partial charge on any atom is 0.408 e. The van der Waals surface area contributed by atoms with Gasteiger partial charge in [-0.3, -0.25) is 4.90 Å². The fourth-order valence-electron chi connectivity index (χ4n) is 2.22. The highest BCUT2D eigenvalue weighted by Gasteiger charge is 2.45. The summed E-state index contributed by atoms with van der Waals surface area (Å²) in [4.78, 5) is 1.43. The molecule has 0 radical (unpaired) electrons. The Labute approximate surface area is 121 Å². The van der Waals surface area contributed by atoms with Crippen molar-refractivity contribution in [3.63, 3.8) is 0 Å².